The van der Waals surface area contributed by atoms with E-state index in [1.165, 1.54) is 12.8 Å². The molecule has 1 fully saturated rings. The van der Waals surface area contributed by atoms with Crippen molar-refractivity contribution >= 4 is 5.82 Å². The second kappa shape index (κ2) is 5.56. The van der Waals surface area contributed by atoms with Crippen molar-refractivity contribution in [1.82, 2.24) is 9.55 Å². The van der Waals surface area contributed by atoms with Gasteiger partial charge in [0.05, 0.1) is 0 Å². The van der Waals surface area contributed by atoms with Crippen molar-refractivity contribution in [3.63, 3.8) is 0 Å². The molecule has 2 rings (SSSR count). The summed E-state index contributed by atoms with van der Waals surface area (Å²) in [5, 5.41) is 3.24. The largest absolute Gasteiger partial charge is 0.385 e. The van der Waals surface area contributed by atoms with Crippen LogP contribution in [0.4, 0.5) is 5.82 Å². The minimum absolute atomic E-state index is 0.0532. The van der Waals surface area contributed by atoms with Gasteiger partial charge < -0.3 is 14.6 Å². The lowest BCUT2D eigenvalue weighted by atomic mass is 10.0. The van der Waals surface area contributed by atoms with Gasteiger partial charge in [-0.3, -0.25) is 4.79 Å². The Balaban J connectivity index is 2.06. The van der Waals surface area contributed by atoms with Crippen molar-refractivity contribution in [2.75, 3.05) is 25.6 Å². The highest BCUT2D eigenvalue weighted by Crippen LogP contribution is 2.48. The van der Waals surface area contributed by atoms with Crippen LogP contribution in [0.1, 0.15) is 40.0 Å². The number of hydrogen-bond donors (Lipinski definition) is 1. The van der Waals surface area contributed by atoms with Gasteiger partial charge in [-0.05, 0) is 45.4 Å². The third kappa shape index (κ3) is 3.39. The fourth-order valence-electron chi connectivity index (χ4n) is 2.34. The average Bonchev–Trinajstić information content (AvgIpc) is 3.14. The molecule has 112 valence electrons. The molecule has 1 saturated carbocycles. The fourth-order valence-corrected chi connectivity index (χ4v) is 2.34. The molecule has 0 unspecified atom stereocenters. The van der Waals surface area contributed by atoms with Crippen molar-refractivity contribution in [3.05, 3.63) is 22.7 Å². The molecule has 1 heterocycles. The zero-order valence-corrected chi connectivity index (χ0v) is 12.9. The second-order valence-corrected chi connectivity index (χ2v) is 6.72. The Kier molecular flexibility index (Phi) is 4.18. The second-order valence-electron chi connectivity index (χ2n) is 6.72. The average molecular weight is 279 g/mol. The topological polar surface area (TPSA) is 56.1 Å². The van der Waals surface area contributed by atoms with E-state index < -0.39 is 0 Å². The van der Waals surface area contributed by atoms with Crippen molar-refractivity contribution in [2.45, 2.75) is 45.6 Å². The Labute approximate surface area is 120 Å². The van der Waals surface area contributed by atoms with Crippen LogP contribution in [0.3, 0.4) is 0 Å². The first-order valence-electron chi connectivity index (χ1n) is 7.19. The van der Waals surface area contributed by atoms with Crippen LogP contribution < -0.4 is 10.9 Å². The Morgan fingerprint density at radius 1 is 1.45 bits per heavy atom. The van der Waals surface area contributed by atoms with Crippen molar-refractivity contribution < 1.29 is 4.74 Å². The summed E-state index contributed by atoms with van der Waals surface area (Å²) in [7, 11) is 1.73. The number of anilines is 1. The molecule has 0 bridgehead atoms. The van der Waals surface area contributed by atoms with Crippen molar-refractivity contribution in [1.29, 1.82) is 0 Å². The monoisotopic (exact) mass is 279 g/mol. The fraction of sp³-hybridized carbons (Fsp3) is 0.733. The lowest BCUT2D eigenvalue weighted by Gasteiger charge is -2.23. The first-order chi connectivity index (χ1) is 9.38. The van der Waals surface area contributed by atoms with Gasteiger partial charge in [-0.15, -0.1) is 0 Å². The summed E-state index contributed by atoms with van der Waals surface area (Å²) in [5.41, 5.74) is 0.0126. The van der Waals surface area contributed by atoms with Gasteiger partial charge in [0.2, 0.25) is 0 Å². The predicted molar refractivity (Wildman–Crippen MR) is 80.1 cm³/mol. The van der Waals surface area contributed by atoms with Crippen LogP contribution in [-0.2, 0) is 10.3 Å². The van der Waals surface area contributed by atoms with Crippen LogP contribution in [-0.4, -0.2) is 29.8 Å². The van der Waals surface area contributed by atoms with E-state index >= 15 is 0 Å². The maximum absolute atomic E-state index is 12.4. The van der Waals surface area contributed by atoms with Gasteiger partial charge in [0.1, 0.15) is 0 Å². The highest BCUT2D eigenvalue weighted by atomic mass is 16.5. The van der Waals surface area contributed by atoms with E-state index in [0.29, 0.717) is 11.2 Å². The minimum atomic E-state index is -0.232. The van der Waals surface area contributed by atoms with Crippen LogP contribution >= 0.6 is 0 Å². The molecule has 1 N–H and O–H groups in total. The van der Waals surface area contributed by atoms with E-state index in [1.54, 1.807) is 24.1 Å². The number of nitrogens with zero attached hydrogens (tertiary/aromatic N) is 2. The van der Waals surface area contributed by atoms with Gasteiger partial charge in [-0.2, -0.15) is 0 Å². The van der Waals surface area contributed by atoms with Gasteiger partial charge in [0.15, 0.2) is 5.82 Å². The molecular weight excluding hydrogens is 254 g/mol. The lowest BCUT2D eigenvalue weighted by molar-refractivity contribution is 0.175. The summed E-state index contributed by atoms with van der Waals surface area (Å²) in [5.74, 6) is 0.450. The van der Waals surface area contributed by atoms with Gasteiger partial charge in [0, 0.05) is 38.2 Å². The quantitative estimate of drug-likeness (QED) is 0.867. The number of nitrogens with one attached hydrogen (secondary N) is 1. The molecule has 1 aromatic rings. The zero-order valence-electron chi connectivity index (χ0n) is 12.9. The molecule has 0 radical (unpaired) electrons. The molecular formula is C15H25N3O2. The highest BCUT2D eigenvalue weighted by Gasteiger charge is 2.41. The van der Waals surface area contributed by atoms with E-state index in [-0.39, 0.29) is 11.1 Å². The first kappa shape index (κ1) is 15.0. The summed E-state index contributed by atoms with van der Waals surface area (Å²) >= 11 is 0. The Bertz CT molecular complexity index is 513. The van der Waals surface area contributed by atoms with Crippen LogP contribution in [0.15, 0.2) is 17.2 Å². The summed E-state index contributed by atoms with van der Waals surface area (Å²) in [4.78, 5) is 16.6. The molecule has 1 aliphatic carbocycles. The number of aromatic nitrogens is 2. The van der Waals surface area contributed by atoms with Gasteiger partial charge >= 0.3 is 0 Å². The molecule has 1 aromatic heterocycles. The van der Waals surface area contributed by atoms with Gasteiger partial charge in [-0.1, -0.05) is 0 Å². The Hall–Kier alpha value is -1.36. The van der Waals surface area contributed by atoms with E-state index in [9.17, 15) is 4.79 Å². The molecule has 20 heavy (non-hydrogen) atoms. The summed E-state index contributed by atoms with van der Waals surface area (Å²) in [6.07, 6.45) is 6.86. The number of rotatable bonds is 6. The normalized spacial score (nSPS) is 17.0. The molecule has 0 amide bonds. The Morgan fingerprint density at radius 3 is 2.70 bits per heavy atom. The molecule has 0 aromatic carbocycles. The maximum atomic E-state index is 12.4. The number of methoxy groups -OCH3 is 1. The van der Waals surface area contributed by atoms with E-state index in [4.69, 9.17) is 4.74 Å². The molecule has 0 atom stereocenters. The van der Waals surface area contributed by atoms with Crippen LogP contribution in [0.5, 0.6) is 0 Å². The molecule has 0 saturated heterocycles. The molecule has 1 aliphatic rings. The Morgan fingerprint density at radius 2 is 2.15 bits per heavy atom. The van der Waals surface area contributed by atoms with Crippen LogP contribution in [0.25, 0.3) is 0 Å². The third-order valence-electron chi connectivity index (χ3n) is 3.99. The number of hydrogen-bond acceptors (Lipinski definition) is 4. The SMILES string of the molecule is COCCC1(CNc2nccn(C(C)(C)C)c2=O)CC1. The maximum Gasteiger partial charge on any atom is 0.293 e. The highest BCUT2D eigenvalue weighted by molar-refractivity contribution is 5.32. The number of ether oxygens (including phenoxy) is 1. The minimum Gasteiger partial charge on any atom is -0.385 e. The van der Waals surface area contributed by atoms with E-state index in [0.717, 1.165) is 19.6 Å². The summed E-state index contributed by atoms with van der Waals surface area (Å²) < 4.78 is 6.87. The smallest absolute Gasteiger partial charge is 0.293 e. The van der Waals surface area contributed by atoms with Crippen molar-refractivity contribution in [3.8, 4) is 0 Å². The lowest BCUT2D eigenvalue weighted by Crippen LogP contribution is -2.35. The molecule has 5 nitrogen and oxygen atoms in total. The van der Waals surface area contributed by atoms with Gasteiger partial charge in [0.25, 0.3) is 5.56 Å². The molecule has 0 spiro atoms. The third-order valence-corrected chi connectivity index (χ3v) is 3.99. The van der Waals surface area contributed by atoms with Crippen molar-refractivity contribution in [2.24, 2.45) is 5.41 Å². The van der Waals surface area contributed by atoms with E-state index in [2.05, 4.69) is 10.3 Å². The summed E-state index contributed by atoms with van der Waals surface area (Å²) in [6.45, 7) is 7.61. The predicted octanol–water partition coefficient (Wildman–Crippen LogP) is 2.23. The van der Waals surface area contributed by atoms with E-state index in [1.807, 2.05) is 20.8 Å². The molecule has 0 aliphatic heterocycles. The summed E-state index contributed by atoms with van der Waals surface area (Å²) in [6, 6.07) is 0. The van der Waals surface area contributed by atoms with Crippen LogP contribution in [0, 0.1) is 5.41 Å². The molecule has 5 heteroatoms. The van der Waals surface area contributed by atoms with Crippen LogP contribution in [0.2, 0.25) is 0 Å². The first-order valence-corrected chi connectivity index (χ1v) is 7.19. The van der Waals surface area contributed by atoms with Gasteiger partial charge in [-0.25, -0.2) is 4.98 Å². The standard InChI is InChI=1S/C15H25N3O2/c1-14(2,3)18-9-8-16-12(13(18)19)17-11-15(5-6-15)7-10-20-4/h8-9H,5-7,10-11H2,1-4H3,(H,16,17). The zero-order chi connectivity index (χ0) is 14.8.